The Bertz CT molecular complexity index is 1090. The number of nitrogens with one attached hydrogen (secondary N) is 2. The Balaban J connectivity index is 1.96. The van der Waals surface area contributed by atoms with Crippen LogP contribution in [0.15, 0.2) is 48.2 Å². The maximum Gasteiger partial charge on any atom is 0.278 e. The summed E-state index contributed by atoms with van der Waals surface area (Å²) in [6.07, 6.45) is 0.531. The lowest BCUT2D eigenvalue weighted by atomic mass is 10.0. The molecule has 0 spiro atoms. The van der Waals surface area contributed by atoms with Crippen molar-refractivity contribution in [1.82, 2.24) is 4.90 Å². The molecule has 0 fully saturated rings. The second-order valence-electron chi connectivity index (χ2n) is 7.52. The van der Waals surface area contributed by atoms with E-state index < -0.39 is 11.8 Å². The summed E-state index contributed by atoms with van der Waals surface area (Å²) in [6, 6.07) is 11.9. The van der Waals surface area contributed by atoms with Gasteiger partial charge in [0.15, 0.2) is 11.5 Å². The predicted octanol–water partition coefficient (Wildman–Crippen LogP) is 3.28. The van der Waals surface area contributed by atoms with Crippen LogP contribution >= 0.6 is 0 Å². The molecule has 2 aromatic rings. The molecule has 0 aromatic heterocycles. The van der Waals surface area contributed by atoms with Gasteiger partial charge in [-0.25, -0.2) is 0 Å². The molecule has 0 bridgehead atoms. The van der Waals surface area contributed by atoms with Gasteiger partial charge in [-0.15, -0.1) is 0 Å². The molecular weight excluding hydrogens is 438 g/mol. The number of carbonyl (C=O) groups excluding carboxylic acids is 3. The van der Waals surface area contributed by atoms with Crippen LogP contribution in [0.4, 0.5) is 11.4 Å². The van der Waals surface area contributed by atoms with E-state index in [1.807, 2.05) is 6.92 Å². The van der Waals surface area contributed by atoms with Gasteiger partial charge in [0.05, 0.1) is 19.8 Å². The second-order valence-corrected chi connectivity index (χ2v) is 7.52. The van der Waals surface area contributed by atoms with Crippen molar-refractivity contribution in [1.29, 1.82) is 0 Å². The third-order valence-electron chi connectivity index (χ3n) is 5.19. The van der Waals surface area contributed by atoms with Gasteiger partial charge in [-0.05, 0) is 55.3 Å². The highest BCUT2D eigenvalue weighted by Crippen LogP contribution is 2.35. The van der Waals surface area contributed by atoms with Gasteiger partial charge in [-0.3, -0.25) is 19.3 Å². The Hall–Kier alpha value is -3.85. The molecule has 0 saturated heterocycles. The van der Waals surface area contributed by atoms with Crippen molar-refractivity contribution >= 4 is 34.7 Å². The Morgan fingerprint density at radius 2 is 1.62 bits per heavy atom. The zero-order valence-electron chi connectivity index (χ0n) is 19.8. The number of hydrogen-bond donors (Lipinski definition) is 2. The van der Waals surface area contributed by atoms with Crippen LogP contribution in [0.3, 0.4) is 0 Å². The van der Waals surface area contributed by atoms with Gasteiger partial charge in [0.25, 0.3) is 11.8 Å². The third-order valence-corrected chi connectivity index (χ3v) is 5.19. The van der Waals surface area contributed by atoms with Gasteiger partial charge in [0.1, 0.15) is 5.70 Å². The lowest BCUT2D eigenvalue weighted by molar-refractivity contribution is -0.137. The molecule has 1 aliphatic heterocycles. The zero-order chi connectivity index (χ0) is 24.7. The number of imide groups is 1. The quantitative estimate of drug-likeness (QED) is 0.386. The molecule has 0 atom stereocenters. The number of rotatable bonds is 11. The fourth-order valence-corrected chi connectivity index (χ4v) is 3.61. The van der Waals surface area contributed by atoms with E-state index in [4.69, 9.17) is 14.2 Å². The Morgan fingerprint density at radius 3 is 2.24 bits per heavy atom. The van der Waals surface area contributed by atoms with Crippen LogP contribution in [0.1, 0.15) is 25.8 Å². The summed E-state index contributed by atoms with van der Waals surface area (Å²) in [6.45, 7) is 4.57. The molecule has 3 rings (SSSR count). The molecule has 1 heterocycles. The molecule has 0 radical (unpaired) electrons. The van der Waals surface area contributed by atoms with E-state index in [2.05, 4.69) is 10.6 Å². The molecule has 34 heavy (non-hydrogen) atoms. The smallest absolute Gasteiger partial charge is 0.278 e. The van der Waals surface area contributed by atoms with Crippen molar-refractivity contribution in [3.63, 3.8) is 0 Å². The van der Waals surface area contributed by atoms with Crippen LogP contribution in [0.2, 0.25) is 0 Å². The van der Waals surface area contributed by atoms with E-state index in [1.54, 1.807) is 42.5 Å². The summed E-state index contributed by atoms with van der Waals surface area (Å²) in [4.78, 5) is 39.1. The number of anilines is 2. The van der Waals surface area contributed by atoms with Crippen molar-refractivity contribution in [3.05, 3.63) is 53.7 Å². The first kappa shape index (κ1) is 24.8. The standard InChI is InChI=1S/C25H29N3O6/c1-5-34-14-6-13-28-24(30)22(17-7-12-20(32-3)21(15-17)33-4)23(25(28)31)27-19-10-8-18(9-11-19)26-16(2)29/h7-12,15,27H,5-6,13-14H2,1-4H3,(H,26,29). The number of benzene rings is 2. The minimum Gasteiger partial charge on any atom is -0.493 e. The van der Waals surface area contributed by atoms with Gasteiger partial charge in [-0.2, -0.15) is 0 Å². The van der Waals surface area contributed by atoms with Gasteiger partial charge in [0, 0.05) is 38.1 Å². The van der Waals surface area contributed by atoms with E-state index >= 15 is 0 Å². The lowest BCUT2D eigenvalue weighted by Crippen LogP contribution is -2.34. The van der Waals surface area contributed by atoms with Gasteiger partial charge >= 0.3 is 0 Å². The molecule has 1 aliphatic rings. The van der Waals surface area contributed by atoms with Crippen LogP contribution in [-0.2, 0) is 19.1 Å². The zero-order valence-corrected chi connectivity index (χ0v) is 19.8. The summed E-state index contributed by atoms with van der Waals surface area (Å²) in [5, 5.41) is 5.79. The van der Waals surface area contributed by atoms with E-state index in [-0.39, 0.29) is 23.7 Å². The van der Waals surface area contributed by atoms with Gasteiger partial charge in [0.2, 0.25) is 5.91 Å². The van der Waals surface area contributed by atoms with Gasteiger partial charge in [-0.1, -0.05) is 6.07 Å². The van der Waals surface area contributed by atoms with Crippen LogP contribution in [0, 0.1) is 0 Å². The second kappa shape index (κ2) is 11.3. The van der Waals surface area contributed by atoms with Crippen LogP contribution in [0.5, 0.6) is 11.5 Å². The molecule has 9 heteroatoms. The number of carbonyl (C=O) groups is 3. The van der Waals surface area contributed by atoms with Crippen LogP contribution in [-0.4, -0.2) is 56.6 Å². The summed E-state index contributed by atoms with van der Waals surface area (Å²) < 4.78 is 16.0. The number of ether oxygens (including phenoxy) is 3. The molecule has 0 aliphatic carbocycles. The highest BCUT2D eigenvalue weighted by atomic mass is 16.5. The van der Waals surface area contributed by atoms with Gasteiger partial charge < -0.3 is 24.8 Å². The Kier molecular flexibility index (Phi) is 8.26. The number of hydrogen-bond acceptors (Lipinski definition) is 7. The molecule has 0 unspecified atom stereocenters. The average Bonchev–Trinajstić information content (AvgIpc) is 3.06. The monoisotopic (exact) mass is 467 g/mol. The summed E-state index contributed by atoms with van der Waals surface area (Å²) >= 11 is 0. The number of nitrogens with zero attached hydrogens (tertiary/aromatic N) is 1. The molecule has 2 N–H and O–H groups in total. The van der Waals surface area contributed by atoms with Crippen molar-refractivity contribution in [2.24, 2.45) is 0 Å². The fourth-order valence-electron chi connectivity index (χ4n) is 3.61. The van der Waals surface area contributed by atoms with E-state index in [1.165, 1.54) is 26.0 Å². The summed E-state index contributed by atoms with van der Waals surface area (Å²) in [7, 11) is 3.03. The maximum atomic E-state index is 13.4. The third kappa shape index (κ3) is 5.55. The highest BCUT2D eigenvalue weighted by molar-refractivity contribution is 6.36. The van der Waals surface area contributed by atoms with Crippen molar-refractivity contribution in [3.8, 4) is 11.5 Å². The Morgan fingerprint density at radius 1 is 0.941 bits per heavy atom. The fraction of sp³-hybridized carbons (Fsp3) is 0.320. The SMILES string of the molecule is CCOCCCN1C(=O)C(Nc2ccc(NC(C)=O)cc2)=C(c2ccc(OC)c(OC)c2)C1=O. The van der Waals surface area contributed by atoms with E-state index in [9.17, 15) is 14.4 Å². The van der Waals surface area contributed by atoms with Crippen molar-refractivity contribution in [2.45, 2.75) is 20.3 Å². The Labute approximate surface area is 198 Å². The topological polar surface area (TPSA) is 106 Å². The van der Waals surface area contributed by atoms with E-state index in [0.717, 1.165) is 0 Å². The largest absolute Gasteiger partial charge is 0.493 e. The first-order valence-corrected chi connectivity index (χ1v) is 10.9. The minimum absolute atomic E-state index is 0.168. The maximum absolute atomic E-state index is 13.4. The lowest BCUT2D eigenvalue weighted by Gasteiger charge is -2.15. The molecular formula is C25H29N3O6. The minimum atomic E-state index is -0.419. The molecule has 0 saturated carbocycles. The van der Waals surface area contributed by atoms with Crippen LogP contribution in [0.25, 0.3) is 5.57 Å². The van der Waals surface area contributed by atoms with Crippen molar-refractivity contribution in [2.75, 3.05) is 44.6 Å². The molecule has 180 valence electrons. The molecule has 2 aromatic carbocycles. The first-order valence-electron chi connectivity index (χ1n) is 10.9. The number of methoxy groups -OCH3 is 2. The predicted molar refractivity (Wildman–Crippen MR) is 129 cm³/mol. The first-order chi connectivity index (χ1) is 16.4. The summed E-state index contributed by atoms with van der Waals surface area (Å²) in [5.41, 5.74) is 2.16. The molecule has 9 nitrogen and oxygen atoms in total. The summed E-state index contributed by atoms with van der Waals surface area (Å²) in [5.74, 6) is -0.0384. The molecule has 3 amide bonds. The van der Waals surface area contributed by atoms with Crippen molar-refractivity contribution < 1.29 is 28.6 Å². The normalized spacial score (nSPS) is 13.4. The van der Waals surface area contributed by atoms with E-state index in [0.29, 0.717) is 48.1 Å². The van der Waals surface area contributed by atoms with Crippen LogP contribution < -0.4 is 20.1 Å². The highest BCUT2D eigenvalue weighted by Gasteiger charge is 2.39. The number of amides is 3. The average molecular weight is 468 g/mol.